The Labute approximate surface area is 200 Å². The standard InChI is InChI=1S/C22H23Cl3N4OS/c1-14-20(21(25)29(27-14)13-15-6-7-16(23)11-17(15)24)22(30)26-12-18(19-5-4-10-31-19)28-8-2-3-9-28/h4-7,10-11,18H,2-3,8-9,12-13H2,1H3,(H,26,30)/t18-/m1/s1. The number of nitrogens with one attached hydrogen (secondary N) is 1. The van der Waals surface area contributed by atoms with Gasteiger partial charge in [0.2, 0.25) is 0 Å². The minimum Gasteiger partial charge on any atom is -0.350 e. The van der Waals surface area contributed by atoms with Crippen LogP contribution in [0.25, 0.3) is 0 Å². The van der Waals surface area contributed by atoms with E-state index >= 15 is 0 Å². The summed E-state index contributed by atoms with van der Waals surface area (Å²) in [5.74, 6) is -0.211. The van der Waals surface area contributed by atoms with Crippen LogP contribution in [0, 0.1) is 6.92 Å². The van der Waals surface area contributed by atoms with Gasteiger partial charge in [0.25, 0.3) is 5.91 Å². The first-order valence-corrected chi connectivity index (χ1v) is 12.2. The molecule has 3 heterocycles. The van der Waals surface area contributed by atoms with Crippen molar-refractivity contribution in [2.45, 2.75) is 32.4 Å². The van der Waals surface area contributed by atoms with Gasteiger partial charge in [0.15, 0.2) is 0 Å². The number of carbonyl (C=O) groups is 1. The van der Waals surface area contributed by atoms with Gasteiger partial charge in [-0.25, -0.2) is 4.68 Å². The largest absolute Gasteiger partial charge is 0.350 e. The summed E-state index contributed by atoms with van der Waals surface area (Å²) in [5.41, 5.74) is 1.81. The molecule has 31 heavy (non-hydrogen) atoms. The Balaban J connectivity index is 1.49. The SMILES string of the molecule is Cc1nn(Cc2ccc(Cl)cc2Cl)c(Cl)c1C(=O)NC[C@H](c1cccs1)N1CCCC1. The molecule has 164 valence electrons. The van der Waals surface area contributed by atoms with Gasteiger partial charge in [-0.1, -0.05) is 46.9 Å². The Kier molecular flexibility index (Phi) is 7.24. The number of carbonyl (C=O) groups excluding carboxylic acids is 1. The molecule has 4 rings (SSSR count). The normalized spacial score (nSPS) is 15.4. The molecule has 1 saturated heterocycles. The number of nitrogens with zero attached hydrogens (tertiary/aromatic N) is 3. The maximum Gasteiger partial charge on any atom is 0.256 e. The predicted molar refractivity (Wildman–Crippen MR) is 128 cm³/mol. The first-order valence-electron chi connectivity index (χ1n) is 10.2. The number of thiophene rings is 1. The fourth-order valence-corrected chi connectivity index (χ4v) is 5.60. The van der Waals surface area contributed by atoms with Gasteiger partial charge in [0, 0.05) is 21.5 Å². The second-order valence-electron chi connectivity index (χ2n) is 7.63. The number of aromatic nitrogens is 2. The highest BCUT2D eigenvalue weighted by atomic mass is 35.5. The first kappa shape index (κ1) is 22.6. The van der Waals surface area contributed by atoms with Crippen molar-refractivity contribution in [3.05, 3.63) is 72.6 Å². The summed E-state index contributed by atoms with van der Waals surface area (Å²) in [6, 6.07) is 9.64. The Morgan fingerprint density at radius 3 is 2.68 bits per heavy atom. The molecule has 2 aromatic heterocycles. The topological polar surface area (TPSA) is 50.2 Å². The number of hydrogen-bond donors (Lipinski definition) is 1. The lowest BCUT2D eigenvalue weighted by atomic mass is 10.2. The number of rotatable bonds is 7. The highest BCUT2D eigenvalue weighted by molar-refractivity contribution is 7.10. The lowest BCUT2D eigenvalue weighted by molar-refractivity contribution is 0.0938. The van der Waals surface area contributed by atoms with Gasteiger partial charge in [-0.2, -0.15) is 5.10 Å². The number of hydrogen-bond acceptors (Lipinski definition) is 4. The van der Waals surface area contributed by atoms with Gasteiger partial charge in [-0.3, -0.25) is 9.69 Å². The van der Waals surface area contributed by atoms with Gasteiger partial charge in [0.1, 0.15) is 5.15 Å². The number of halogens is 3. The molecule has 5 nitrogen and oxygen atoms in total. The molecule has 3 aromatic rings. The number of amides is 1. The molecule has 0 unspecified atom stereocenters. The molecular weight excluding hydrogens is 475 g/mol. The molecule has 0 aliphatic carbocycles. The van der Waals surface area contributed by atoms with E-state index in [0.717, 1.165) is 18.7 Å². The van der Waals surface area contributed by atoms with Crippen LogP contribution in [0.15, 0.2) is 35.7 Å². The van der Waals surface area contributed by atoms with Crippen molar-refractivity contribution in [1.82, 2.24) is 20.0 Å². The zero-order chi connectivity index (χ0) is 22.0. The van der Waals surface area contributed by atoms with E-state index in [9.17, 15) is 4.79 Å². The summed E-state index contributed by atoms with van der Waals surface area (Å²) >= 11 is 20.5. The molecule has 0 radical (unpaired) electrons. The van der Waals surface area contributed by atoms with Crippen molar-refractivity contribution in [2.75, 3.05) is 19.6 Å². The number of benzene rings is 1. The van der Waals surface area contributed by atoms with Crippen LogP contribution >= 0.6 is 46.1 Å². The van der Waals surface area contributed by atoms with E-state index in [-0.39, 0.29) is 11.9 Å². The minimum absolute atomic E-state index is 0.174. The van der Waals surface area contributed by atoms with E-state index in [2.05, 4.69) is 32.8 Å². The van der Waals surface area contributed by atoms with Crippen molar-refractivity contribution in [3.8, 4) is 0 Å². The van der Waals surface area contributed by atoms with Crippen LogP contribution in [0.1, 0.15) is 45.4 Å². The van der Waals surface area contributed by atoms with Crippen molar-refractivity contribution in [1.29, 1.82) is 0 Å². The third kappa shape index (κ3) is 5.10. The highest BCUT2D eigenvalue weighted by Gasteiger charge is 2.26. The summed E-state index contributed by atoms with van der Waals surface area (Å²) in [6.45, 7) is 4.78. The maximum atomic E-state index is 13.0. The third-order valence-corrected chi connectivity index (χ3v) is 7.48. The minimum atomic E-state index is -0.211. The van der Waals surface area contributed by atoms with Crippen molar-refractivity contribution < 1.29 is 4.79 Å². The van der Waals surface area contributed by atoms with Crippen LogP contribution < -0.4 is 5.32 Å². The third-order valence-electron chi connectivity index (χ3n) is 5.54. The Morgan fingerprint density at radius 2 is 2.00 bits per heavy atom. The zero-order valence-electron chi connectivity index (χ0n) is 17.1. The van der Waals surface area contributed by atoms with E-state index in [1.54, 1.807) is 35.1 Å². The molecule has 0 bridgehead atoms. The molecule has 1 aliphatic heterocycles. The summed E-state index contributed by atoms with van der Waals surface area (Å²) in [4.78, 5) is 16.7. The van der Waals surface area contributed by atoms with Crippen molar-refractivity contribution in [2.24, 2.45) is 0 Å². The van der Waals surface area contributed by atoms with Gasteiger partial charge < -0.3 is 5.32 Å². The van der Waals surface area contributed by atoms with Gasteiger partial charge >= 0.3 is 0 Å². The fourth-order valence-electron chi connectivity index (χ4n) is 3.95. The average molecular weight is 498 g/mol. The van der Waals surface area contributed by atoms with E-state index in [1.807, 2.05) is 6.07 Å². The van der Waals surface area contributed by atoms with Crippen LogP contribution in [0.4, 0.5) is 0 Å². The Bertz CT molecular complexity index is 1060. The van der Waals surface area contributed by atoms with Crippen LogP contribution in [0.5, 0.6) is 0 Å². The monoisotopic (exact) mass is 496 g/mol. The van der Waals surface area contributed by atoms with E-state index in [4.69, 9.17) is 34.8 Å². The molecular formula is C22H23Cl3N4OS. The smallest absolute Gasteiger partial charge is 0.256 e. The van der Waals surface area contributed by atoms with Crippen LogP contribution in [0.3, 0.4) is 0 Å². The molecule has 0 saturated carbocycles. The summed E-state index contributed by atoms with van der Waals surface area (Å²) in [6.07, 6.45) is 2.39. The van der Waals surface area contributed by atoms with Crippen molar-refractivity contribution in [3.63, 3.8) is 0 Å². The second-order valence-corrected chi connectivity index (χ2v) is 9.81. The lowest BCUT2D eigenvalue weighted by Gasteiger charge is -2.26. The van der Waals surface area contributed by atoms with E-state index in [1.165, 1.54) is 17.7 Å². The summed E-state index contributed by atoms with van der Waals surface area (Å²) in [5, 5.41) is 11.0. The molecule has 1 fully saturated rings. The van der Waals surface area contributed by atoms with Gasteiger partial charge in [-0.15, -0.1) is 11.3 Å². The van der Waals surface area contributed by atoms with Crippen LogP contribution in [-0.4, -0.2) is 40.2 Å². The fraction of sp³-hybridized carbons (Fsp3) is 0.364. The first-order chi connectivity index (χ1) is 14.9. The molecule has 1 atom stereocenters. The second kappa shape index (κ2) is 9.92. The molecule has 1 aromatic carbocycles. The Hall–Kier alpha value is -1.57. The van der Waals surface area contributed by atoms with Gasteiger partial charge in [0.05, 0.1) is 23.8 Å². The van der Waals surface area contributed by atoms with E-state index in [0.29, 0.717) is 39.5 Å². The van der Waals surface area contributed by atoms with Crippen molar-refractivity contribution >= 4 is 52.0 Å². The van der Waals surface area contributed by atoms with E-state index < -0.39 is 0 Å². The number of aryl methyl sites for hydroxylation is 1. The average Bonchev–Trinajstić information content (AvgIpc) is 3.48. The Morgan fingerprint density at radius 1 is 1.23 bits per heavy atom. The number of likely N-dealkylation sites (tertiary alicyclic amines) is 1. The van der Waals surface area contributed by atoms with Gasteiger partial charge in [-0.05, 0) is 62.0 Å². The molecule has 1 N–H and O–H groups in total. The molecule has 9 heteroatoms. The highest BCUT2D eigenvalue weighted by Crippen LogP contribution is 2.29. The summed E-state index contributed by atoms with van der Waals surface area (Å²) in [7, 11) is 0. The molecule has 1 aliphatic rings. The quantitative estimate of drug-likeness (QED) is 0.447. The zero-order valence-corrected chi connectivity index (χ0v) is 20.2. The molecule has 1 amide bonds. The maximum absolute atomic E-state index is 13.0. The summed E-state index contributed by atoms with van der Waals surface area (Å²) < 4.78 is 1.60. The van der Waals surface area contributed by atoms with Crippen LogP contribution in [0.2, 0.25) is 15.2 Å². The lowest BCUT2D eigenvalue weighted by Crippen LogP contribution is -2.36. The molecule has 0 spiro atoms. The van der Waals surface area contributed by atoms with Crippen LogP contribution in [-0.2, 0) is 6.54 Å². The predicted octanol–water partition coefficient (Wildman–Crippen LogP) is 5.83.